The molecule has 2 saturated heterocycles. The molecule has 2 aliphatic rings. The molecule has 2 aliphatic heterocycles. The molecule has 122 valence electrons. The van der Waals surface area contributed by atoms with Gasteiger partial charge in [0, 0.05) is 25.6 Å². The van der Waals surface area contributed by atoms with Gasteiger partial charge in [0.1, 0.15) is 0 Å². The molecule has 3 heterocycles. The molecule has 22 heavy (non-hydrogen) atoms. The van der Waals surface area contributed by atoms with Crippen LogP contribution in [0, 0.1) is 0 Å². The monoisotopic (exact) mass is 307 g/mol. The summed E-state index contributed by atoms with van der Waals surface area (Å²) < 4.78 is 5.15. The minimum atomic E-state index is -0.168. The second-order valence-electron chi connectivity index (χ2n) is 6.26. The van der Waals surface area contributed by atoms with Gasteiger partial charge in [0.05, 0.1) is 12.6 Å². The number of primary amides is 1. The van der Waals surface area contributed by atoms with Crippen molar-refractivity contribution in [1.29, 1.82) is 0 Å². The highest BCUT2D eigenvalue weighted by Crippen LogP contribution is 2.26. The molecule has 1 aromatic heterocycles. The predicted octanol–water partition coefficient (Wildman–Crippen LogP) is 0.546. The summed E-state index contributed by atoms with van der Waals surface area (Å²) in [5.74, 6) is 1.30. The number of likely N-dealkylation sites (tertiary alicyclic amines) is 2. The van der Waals surface area contributed by atoms with E-state index < -0.39 is 0 Å². The maximum absolute atomic E-state index is 11.5. The molecule has 1 unspecified atom stereocenters. The van der Waals surface area contributed by atoms with E-state index in [-0.39, 0.29) is 11.9 Å². The summed E-state index contributed by atoms with van der Waals surface area (Å²) in [6, 6.07) is 0.425. The molecule has 0 saturated carbocycles. The molecule has 2 N–H and O–H groups in total. The van der Waals surface area contributed by atoms with Crippen molar-refractivity contribution in [2.45, 2.75) is 57.7 Å². The zero-order valence-electron chi connectivity index (χ0n) is 13.2. The van der Waals surface area contributed by atoms with Crippen LogP contribution < -0.4 is 5.73 Å². The zero-order chi connectivity index (χ0) is 15.5. The molecule has 1 aromatic rings. The van der Waals surface area contributed by atoms with Crippen LogP contribution in [0.25, 0.3) is 0 Å². The Balaban J connectivity index is 1.51. The van der Waals surface area contributed by atoms with Crippen molar-refractivity contribution in [3.63, 3.8) is 0 Å². The van der Waals surface area contributed by atoms with Crippen LogP contribution in [0.15, 0.2) is 4.52 Å². The van der Waals surface area contributed by atoms with Gasteiger partial charge >= 0.3 is 0 Å². The van der Waals surface area contributed by atoms with Crippen LogP contribution in [0.5, 0.6) is 0 Å². The second kappa shape index (κ2) is 6.75. The van der Waals surface area contributed by atoms with E-state index >= 15 is 0 Å². The maximum atomic E-state index is 11.5. The van der Waals surface area contributed by atoms with Crippen LogP contribution in [-0.4, -0.2) is 57.6 Å². The van der Waals surface area contributed by atoms with Gasteiger partial charge in [-0.05, 0) is 32.2 Å². The van der Waals surface area contributed by atoms with E-state index in [2.05, 4.69) is 19.9 Å². The quantitative estimate of drug-likeness (QED) is 0.854. The van der Waals surface area contributed by atoms with Gasteiger partial charge < -0.3 is 10.3 Å². The van der Waals surface area contributed by atoms with Gasteiger partial charge in [-0.25, -0.2) is 0 Å². The van der Waals surface area contributed by atoms with Crippen molar-refractivity contribution < 1.29 is 9.32 Å². The highest BCUT2D eigenvalue weighted by molar-refractivity contribution is 5.80. The number of carbonyl (C=O) groups excluding carboxylic acids is 1. The molecule has 7 nitrogen and oxygen atoms in total. The number of rotatable bonds is 5. The smallest absolute Gasteiger partial charge is 0.234 e. The lowest BCUT2D eigenvalue weighted by Gasteiger charge is -2.38. The van der Waals surface area contributed by atoms with Gasteiger partial charge in [0.15, 0.2) is 5.82 Å². The normalized spacial score (nSPS) is 24.9. The standard InChI is InChI=1S/C15H25N5O2/c1-2-14-17-13(18-22-14)10-19-8-5-11(6-9-19)20-7-3-4-12(20)15(16)21/h11-12H,2-10H2,1H3,(H2,16,21). The van der Waals surface area contributed by atoms with Crippen LogP contribution >= 0.6 is 0 Å². The highest BCUT2D eigenvalue weighted by Gasteiger charge is 2.35. The first kappa shape index (κ1) is 15.4. The Morgan fingerprint density at radius 3 is 2.73 bits per heavy atom. The van der Waals surface area contributed by atoms with Gasteiger partial charge in [-0.3, -0.25) is 14.6 Å². The number of hydrogen-bond acceptors (Lipinski definition) is 6. The fraction of sp³-hybridized carbons (Fsp3) is 0.800. The third-order valence-electron chi connectivity index (χ3n) is 4.83. The summed E-state index contributed by atoms with van der Waals surface area (Å²) in [7, 11) is 0. The topological polar surface area (TPSA) is 88.5 Å². The lowest BCUT2D eigenvalue weighted by Crippen LogP contribution is -2.50. The summed E-state index contributed by atoms with van der Waals surface area (Å²) in [6.07, 6.45) is 4.91. The van der Waals surface area contributed by atoms with Gasteiger partial charge in [-0.1, -0.05) is 12.1 Å². The van der Waals surface area contributed by atoms with Crippen molar-refractivity contribution >= 4 is 5.91 Å². The Labute approximate surface area is 130 Å². The predicted molar refractivity (Wildman–Crippen MR) is 80.9 cm³/mol. The molecule has 0 bridgehead atoms. The molecule has 1 amide bonds. The number of hydrogen-bond donors (Lipinski definition) is 1. The first-order chi connectivity index (χ1) is 10.7. The molecule has 0 spiro atoms. The maximum Gasteiger partial charge on any atom is 0.234 e. The summed E-state index contributed by atoms with van der Waals surface area (Å²) in [5.41, 5.74) is 5.52. The van der Waals surface area contributed by atoms with Crippen molar-refractivity contribution in [3.05, 3.63) is 11.7 Å². The largest absolute Gasteiger partial charge is 0.368 e. The molecule has 1 atom stereocenters. The average Bonchev–Trinajstić information content (AvgIpc) is 3.16. The van der Waals surface area contributed by atoms with Crippen LogP contribution in [-0.2, 0) is 17.8 Å². The summed E-state index contributed by atoms with van der Waals surface area (Å²) in [4.78, 5) is 20.6. The van der Waals surface area contributed by atoms with Crippen LogP contribution in [0.1, 0.15) is 44.3 Å². The van der Waals surface area contributed by atoms with Gasteiger partial charge in [0.25, 0.3) is 0 Å². The molecule has 2 fully saturated rings. The van der Waals surface area contributed by atoms with E-state index in [4.69, 9.17) is 10.3 Å². The molecular weight excluding hydrogens is 282 g/mol. The number of nitrogens with zero attached hydrogens (tertiary/aromatic N) is 4. The van der Waals surface area contributed by atoms with E-state index in [1.165, 1.54) is 0 Å². The summed E-state index contributed by atoms with van der Waals surface area (Å²) in [6.45, 7) is 5.76. The Morgan fingerprint density at radius 1 is 1.32 bits per heavy atom. The Morgan fingerprint density at radius 2 is 2.09 bits per heavy atom. The fourth-order valence-corrected chi connectivity index (χ4v) is 3.64. The molecule has 0 aromatic carbocycles. The molecule has 0 aliphatic carbocycles. The molecule has 0 radical (unpaired) electrons. The highest BCUT2D eigenvalue weighted by atomic mass is 16.5. The number of nitrogens with two attached hydrogens (primary N) is 1. The first-order valence-corrected chi connectivity index (χ1v) is 8.26. The summed E-state index contributed by atoms with van der Waals surface area (Å²) >= 11 is 0. The molecule has 7 heteroatoms. The van der Waals surface area contributed by atoms with E-state index in [9.17, 15) is 4.79 Å². The van der Waals surface area contributed by atoms with Crippen molar-refractivity contribution in [2.75, 3.05) is 19.6 Å². The number of piperidine rings is 1. The first-order valence-electron chi connectivity index (χ1n) is 8.26. The minimum absolute atomic E-state index is 0.0548. The zero-order valence-corrected chi connectivity index (χ0v) is 13.2. The number of carbonyl (C=O) groups is 1. The minimum Gasteiger partial charge on any atom is -0.368 e. The third-order valence-corrected chi connectivity index (χ3v) is 4.83. The number of amides is 1. The van der Waals surface area contributed by atoms with Crippen LogP contribution in [0.2, 0.25) is 0 Å². The number of aromatic nitrogens is 2. The molecule has 3 rings (SSSR count). The van der Waals surface area contributed by atoms with Crippen molar-refractivity contribution in [1.82, 2.24) is 19.9 Å². The van der Waals surface area contributed by atoms with E-state index in [1.54, 1.807) is 0 Å². The Hall–Kier alpha value is -1.47. The Bertz CT molecular complexity index is 510. The van der Waals surface area contributed by atoms with Crippen LogP contribution in [0.3, 0.4) is 0 Å². The van der Waals surface area contributed by atoms with Crippen molar-refractivity contribution in [2.24, 2.45) is 5.73 Å². The van der Waals surface area contributed by atoms with Gasteiger partial charge in [0.2, 0.25) is 11.8 Å². The average molecular weight is 307 g/mol. The van der Waals surface area contributed by atoms with Gasteiger partial charge in [-0.2, -0.15) is 4.98 Å². The lowest BCUT2D eigenvalue weighted by atomic mass is 10.0. The van der Waals surface area contributed by atoms with Gasteiger partial charge in [-0.15, -0.1) is 0 Å². The Kier molecular flexibility index (Phi) is 4.73. The van der Waals surface area contributed by atoms with Crippen LogP contribution in [0.4, 0.5) is 0 Å². The number of aryl methyl sites for hydroxylation is 1. The van der Waals surface area contributed by atoms with E-state index in [1.807, 2.05) is 6.92 Å². The molecular formula is C15H25N5O2. The third kappa shape index (κ3) is 3.30. The fourth-order valence-electron chi connectivity index (χ4n) is 3.64. The second-order valence-corrected chi connectivity index (χ2v) is 6.26. The van der Waals surface area contributed by atoms with Crippen molar-refractivity contribution in [3.8, 4) is 0 Å². The van der Waals surface area contributed by atoms with E-state index in [0.717, 1.165) is 64.1 Å². The van der Waals surface area contributed by atoms with E-state index in [0.29, 0.717) is 11.9 Å². The SMILES string of the molecule is CCc1nc(CN2CCC(N3CCCC3C(N)=O)CC2)no1. The lowest BCUT2D eigenvalue weighted by molar-refractivity contribution is -0.123. The summed E-state index contributed by atoms with van der Waals surface area (Å²) in [5, 5.41) is 4.01.